The number of hydrogen-bond donors (Lipinski definition) is 1. The highest BCUT2D eigenvalue weighted by atomic mass is 16.6. The highest BCUT2D eigenvalue weighted by Crippen LogP contribution is 2.60. The maximum atomic E-state index is 9.38. The zero-order chi connectivity index (χ0) is 12.1. The van der Waals surface area contributed by atoms with Gasteiger partial charge in [0.1, 0.15) is 0 Å². The lowest BCUT2D eigenvalue weighted by atomic mass is 9.59. The lowest BCUT2D eigenvalue weighted by Gasteiger charge is -2.43. The van der Waals surface area contributed by atoms with Crippen molar-refractivity contribution in [3.05, 3.63) is 12.2 Å². The van der Waals surface area contributed by atoms with Gasteiger partial charge in [0.2, 0.25) is 0 Å². The number of aliphatic hydroxyl groups excluding tert-OH is 1. The summed E-state index contributed by atoms with van der Waals surface area (Å²) in [5.41, 5.74) is 0.258. The van der Waals surface area contributed by atoms with Gasteiger partial charge in [-0.1, -0.05) is 32.9 Å². The number of ether oxygens (including phenoxy) is 1. The van der Waals surface area contributed by atoms with Crippen molar-refractivity contribution in [2.75, 3.05) is 0 Å². The van der Waals surface area contributed by atoms with Gasteiger partial charge in [-0.3, -0.25) is 0 Å². The van der Waals surface area contributed by atoms with Crippen LogP contribution in [0.5, 0.6) is 0 Å². The van der Waals surface area contributed by atoms with E-state index in [2.05, 4.69) is 33.8 Å². The zero-order valence-electron chi connectivity index (χ0n) is 11.0. The minimum Gasteiger partial charge on any atom is -0.389 e. The van der Waals surface area contributed by atoms with Crippen LogP contribution in [-0.4, -0.2) is 22.9 Å². The summed E-state index contributed by atoms with van der Waals surface area (Å²) in [7, 11) is 0. The highest BCUT2D eigenvalue weighted by Gasteiger charge is 2.65. The second-order valence-corrected chi connectivity index (χ2v) is 6.35. The van der Waals surface area contributed by atoms with Crippen LogP contribution in [0.25, 0.3) is 0 Å². The molecule has 2 heteroatoms. The Morgan fingerprint density at radius 3 is 2.56 bits per heavy atom. The fourth-order valence-electron chi connectivity index (χ4n) is 3.21. The molecule has 0 aromatic heterocycles. The molecule has 0 spiro atoms. The molecule has 0 aromatic rings. The van der Waals surface area contributed by atoms with Crippen LogP contribution >= 0.6 is 0 Å². The van der Waals surface area contributed by atoms with E-state index in [0.717, 1.165) is 0 Å². The summed E-state index contributed by atoms with van der Waals surface area (Å²) in [5.74, 6) is 1.07. The van der Waals surface area contributed by atoms with Gasteiger partial charge in [-0.25, -0.2) is 0 Å². The molecule has 1 heterocycles. The number of epoxide rings is 1. The first-order valence-electron chi connectivity index (χ1n) is 6.32. The SMILES string of the molecule is C[C@H](O)C=C[C@H]1C(C)(C)[C@H](C)C[C@H]2O[C@]21C. The molecule has 0 bridgehead atoms. The van der Waals surface area contributed by atoms with Crippen LogP contribution in [0, 0.1) is 17.3 Å². The molecule has 2 aliphatic rings. The number of fused-ring (bicyclic) bond motifs is 1. The molecular formula is C14H24O2. The van der Waals surface area contributed by atoms with Crippen LogP contribution in [0.2, 0.25) is 0 Å². The fraction of sp³-hybridized carbons (Fsp3) is 0.857. The monoisotopic (exact) mass is 224 g/mol. The fourth-order valence-corrected chi connectivity index (χ4v) is 3.21. The molecule has 1 aliphatic heterocycles. The summed E-state index contributed by atoms with van der Waals surface area (Å²) < 4.78 is 5.88. The van der Waals surface area contributed by atoms with Gasteiger partial charge in [-0.2, -0.15) is 0 Å². The number of hydrogen-bond acceptors (Lipinski definition) is 2. The number of aliphatic hydroxyl groups is 1. The van der Waals surface area contributed by atoms with E-state index in [1.807, 2.05) is 6.08 Å². The van der Waals surface area contributed by atoms with Crippen molar-refractivity contribution in [3.8, 4) is 0 Å². The molecule has 92 valence electrons. The Hall–Kier alpha value is -0.340. The normalized spacial score (nSPS) is 47.8. The smallest absolute Gasteiger partial charge is 0.0987 e. The van der Waals surface area contributed by atoms with Crippen molar-refractivity contribution in [3.63, 3.8) is 0 Å². The van der Waals surface area contributed by atoms with Gasteiger partial charge in [0.05, 0.1) is 17.8 Å². The average molecular weight is 224 g/mol. The molecule has 1 aliphatic carbocycles. The third-order valence-corrected chi connectivity index (χ3v) is 4.82. The summed E-state index contributed by atoms with van der Waals surface area (Å²) in [5, 5.41) is 9.38. The Labute approximate surface area is 98.7 Å². The van der Waals surface area contributed by atoms with Gasteiger partial charge in [0, 0.05) is 5.92 Å². The van der Waals surface area contributed by atoms with Crippen LogP contribution in [0.3, 0.4) is 0 Å². The molecule has 0 aromatic carbocycles. The van der Waals surface area contributed by atoms with Gasteiger partial charge in [0.15, 0.2) is 0 Å². The highest BCUT2D eigenvalue weighted by molar-refractivity contribution is 5.19. The number of rotatable bonds is 2. The maximum Gasteiger partial charge on any atom is 0.0987 e. The van der Waals surface area contributed by atoms with E-state index < -0.39 is 0 Å². The lowest BCUT2D eigenvalue weighted by Crippen LogP contribution is -2.44. The van der Waals surface area contributed by atoms with Crippen LogP contribution in [0.4, 0.5) is 0 Å². The van der Waals surface area contributed by atoms with E-state index in [4.69, 9.17) is 4.74 Å². The van der Waals surface area contributed by atoms with Gasteiger partial charge >= 0.3 is 0 Å². The standard InChI is InChI=1S/C14H24O2/c1-9-8-12-14(5,16-12)11(13(9,3)4)7-6-10(2)15/h6-7,9-12,15H,8H2,1-5H3/t9-,10+,11+,12-,14+/m1/s1. The summed E-state index contributed by atoms with van der Waals surface area (Å²) in [6, 6.07) is 0. The Morgan fingerprint density at radius 2 is 2.00 bits per heavy atom. The molecule has 1 saturated heterocycles. The lowest BCUT2D eigenvalue weighted by molar-refractivity contribution is 0.0813. The Kier molecular flexibility index (Phi) is 2.71. The molecule has 0 amide bonds. The molecule has 1 saturated carbocycles. The van der Waals surface area contributed by atoms with Gasteiger partial charge in [0.25, 0.3) is 0 Å². The third kappa shape index (κ3) is 1.72. The van der Waals surface area contributed by atoms with Crippen LogP contribution in [0.1, 0.15) is 41.0 Å². The van der Waals surface area contributed by atoms with E-state index in [-0.39, 0.29) is 17.1 Å². The molecule has 2 nitrogen and oxygen atoms in total. The first kappa shape index (κ1) is 12.1. The molecule has 5 atom stereocenters. The molecule has 16 heavy (non-hydrogen) atoms. The molecule has 2 fully saturated rings. The third-order valence-electron chi connectivity index (χ3n) is 4.82. The summed E-state index contributed by atoms with van der Waals surface area (Å²) in [4.78, 5) is 0. The van der Waals surface area contributed by atoms with Crippen LogP contribution in [0.15, 0.2) is 12.2 Å². The van der Waals surface area contributed by atoms with Gasteiger partial charge < -0.3 is 9.84 Å². The first-order valence-corrected chi connectivity index (χ1v) is 6.32. The molecule has 0 unspecified atom stereocenters. The van der Waals surface area contributed by atoms with E-state index in [1.165, 1.54) is 6.42 Å². The van der Waals surface area contributed by atoms with Crippen molar-refractivity contribution in [1.29, 1.82) is 0 Å². The topological polar surface area (TPSA) is 32.8 Å². The minimum atomic E-state index is -0.367. The van der Waals surface area contributed by atoms with Crippen molar-refractivity contribution >= 4 is 0 Å². The van der Waals surface area contributed by atoms with Gasteiger partial charge in [-0.15, -0.1) is 0 Å². The minimum absolute atomic E-state index is 0.0153. The Morgan fingerprint density at radius 1 is 1.38 bits per heavy atom. The summed E-state index contributed by atoms with van der Waals surface area (Å²) in [6.07, 6.45) is 5.30. The Bertz CT molecular complexity index is 306. The average Bonchev–Trinajstić information content (AvgIpc) is 2.75. The van der Waals surface area contributed by atoms with Crippen molar-refractivity contribution in [2.24, 2.45) is 17.3 Å². The quantitative estimate of drug-likeness (QED) is 0.578. The van der Waals surface area contributed by atoms with Crippen LogP contribution < -0.4 is 0 Å². The van der Waals surface area contributed by atoms with E-state index in [1.54, 1.807) is 6.92 Å². The second kappa shape index (κ2) is 3.58. The first-order chi connectivity index (χ1) is 7.28. The Balaban J connectivity index is 2.24. The van der Waals surface area contributed by atoms with Crippen LogP contribution in [-0.2, 0) is 4.74 Å². The van der Waals surface area contributed by atoms with Crippen molar-refractivity contribution in [2.45, 2.75) is 58.8 Å². The predicted molar refractivity (Wildman–Crippen MR) is 65.2 cm³/mol. The van der Waals surface area contributed by atoms with Gasteiger partial charge in [-0.05, 0) is 31.6 Å². The second-order valence-electron chi connectivity index (χ2n) is 6.35. The maximum absolute atomic E-state index is 9.38. The summed E-state index contributed by atoms with van der Waals surface area (Å²) >= 11 is 0. The van der Waals surface area contributed by atoms with E-state index in [9.17, 15) is 5.11 Å². The largest absolute Gasteiger partial charge is 0.389 e. The zero-order valence-corrected chi connectivity index (χ0v) is 11.0. The van der Waals surface area contributed by atoms with E-state index >= 15 is 0 Å². The molecule has 2 rings (SSSR count). The van der Waals surface area contributed by atoms with E-state index in [0.29, 0.717) is 17.9 Å². The molecule has 1 N–H and O–H groups in total. The van der Waals surface area contributed by atoms with Crippen molar-refractivity contribution in [1.82, 2.24) is 0 Å². The molecular weight excluding hydrogens is 200 g/mol. The predicted octanol–water partition coefficient (Wildman–Crippen LogP) is 2.76. The molecule has 0 radical (unpaired) electrons. The van der Waals surface area contributed by atoms with Crippen molar-refractivity contribution < 1.29 is 9.84 Å². The summed E-state index contributed by atoms with van der Waals surface area (Å²) in [6.45, 7) is 11.0.